The summed E-state index contributed by atoms with van der Waals surface area (Å²) in [5, 5.41) is 8.98. The Morgan fingerprint density at radius 1 is 1.30 bits per heavy atom. The van der Waals surface area contributed by atoms with E-state index in [0.29, 0.717) is 18.8 Å². The van der Waals surface area contributed by atoms with Gasteiger partial charge in [0, 0.05) is 30.5 Å². The molecule has 1 fully saturated rings. The Bertz CT molecular complexity index is 622. The molecule has 0 atom stereocenters. The van der Waals surface area contributed by atoms with Gasteiger partial charge in [0.1, 0.15) is 6.26 Å². The van der Waals surface area contributed by atoms with Gasteiger partial charge in [-0.15, -0.1) is 0 Å². The van der Waals surface area contributed by atoms with Gasteiger partial charge in [0.2, 0.25) is 0 Å². The molecule has 0 spiro atoms. The third-order valence-electron chi connectivity index (χ3n) is 2.96. The van der Waals surface area contributed by atoms with Crippen LogP contribution in [0.25, 0.3) is 0 Å². The molecule has 2 heterocycles. The second-order valence-electron chi connectivity index (χ2n) is 4.27. The van der Waals surface area contributed by atoms with Crippen molar-refractivity contribution in [3.05, 3.63) is 42.3 Å². The maximum atomic E-state index is 11.8. The number of carbonyl (C=O) groups excluding carboxylic acids is 2. The first-order valence-electron chi connectivity index (χ1n) is 6.11. The number of anilines is 2. The van der Waals surface area contributed by atoms with E-state index in [4.69, 9.17) is 0 Å². The minimum absolute atomic E-state index is 0.107. The Kier molecular flexibility index (Phi) is 3.08. The van der Waals surface area contributed by atoms with Gasteiger partial charge in [-0.3, -0.25) is 9.69 Å². The lowest BCUT2D eigenvalue weighted by molar-refractivity contribution is 0.101. The molecule has 1 saturated heterocycles. The molecule has 1 aliphatic rings. The summed E-state index contributed by atoms with van der Waals surface area (Å²) in [5.74, 6) is -0.342. The molecular formula is C13H12N4O3. The first-order valence-corrected chi connectivity index (χ1v) is 6.11. The fourth-order valence-electron chi connectivity index (χ4n) is 1.97. The van der Waals surface area contributed by atoms with Gasteiger partial charge in [0.25, 0.3) is 5.91 Å². The highest BCUT2D eigenvalue weighted by Crippen LogP contribution is 2.19. The number of hydrogen-bond acceptors (Lipinski definition) is 4. The molecule has 0 radical (unpaired) electrons. The number of nitrogens with one attached hydrogen (secondary N) is 2. The van der Waals surface area contributed by atoms with Gasteiger partial charge in [0.15, 0.2) is 5.69 Å². The van der Waals surface area contributed by atoms with Crippen molar-refractivity contribution in [3.63, 3.8) is 0 Å². The molecule has 102 valence electrons. The van der Waals surface area contributed by atoms with Crippen molar-refractivity contribution in [2.24, 2.45) is 0 Å². The fraction of sp³-hybridized carbons (Fsp3) is 0.154. The molecule has 2 N–H and O–H groups in total. The quantitative estimate of drug-likeness (QED) is 0.885. The van der Waals surface area contributed by atoms with Crippen LogP contribution in [0, 0.1) is 0 Å². The molecule has 1 aromatic heterocycles. The molecule has 0 aliphatic carbocycles. The summed E-state index contributed by atoms with van der Waals surface area (Å²) in [6, 6.07) is 8.41. The molecule has 1 aromatic carbocycles. The Labute approximate surface area is 114 Å². The third kappa shape index (κ3) is 2.33. The molecule has 1 aliphatic heterocycles. The molecule has 7 nitrogen and oxygen atoms in total. The zero-order valence-electron chi connectivity index (χ0n) is 10.5. The van der Waals surface area contributed by atoms with Crippen LogP contribution in [0.3, 0.4) is 0 Å². The van der Waals surface area contributed by atoms with E-state index in [2.05, 4.69) is 20.3 Å². The lowest BCUT2D eigenvalue weighted by atomic mass is 10.2. The number of aromatic nitrogens is 1. The van der Waals surface area contributed by atoms with Crippen molar-refractivity contribution in [2.45, 2.75) is 0 Å². The van der Waals surface area contributed by atoms with Crippen molar-refractivity contribution < 1.29 is 14.1 Å². The summed E-state index contributed by atoms with van der Waals surface area (Å²) >= 11 is 0. The average molecular weight is 272 g/mol. The maximum Gasteiger partial charge on any atom is 0.321 e. The summed E-state index contributed by atoms with van der Waals surface area (Å²) < 4.78 is 4.61. The van der Waals surface area contributed by atoms with E-state index < -0.39 is 0 Å². The van der Waals surface area contributed by atoms with Crippen LogP contribution in [0.1, 0.15) is 10.5 Å². The zero-order chi connectivity index (χ0) is 13.9. The largest absolute Gasteiger partial charge is 0.364 e. The fourth-order valence-corrected chi connectivity index (χ4v) is 1.97. The predicted octanol–water partition coefficient (Wildman–Crippen LogP) is 1.46. The van der Waals surface area contributed by atoms with Crippen LogP contribution < -0.4 is 15.5 Å². The first-order chi connectivity index (χ1) is 9.74. The van der Waals surface area contributed by atoms with Crippen LogP contribution >= 0.6 is 0 Å². The second kappa shape index (κ2) is 5.04. The van der Waals surface area contributed by atoms with Gasteiger partial charge in [-0.1, -0.05) is 5.16 Å². The minimum Gasteiger partial charge on any atom is -0.364 e. The SMILES string of the molecule is O=C(Nc1ccc(N2CCNC2=O)cc1)c1ccon1. The van der Waals surface area contributed by atoms with E-state index in [9.17, 15) is 9.59 Å². The molecule has 7 heteroatoms. The van der Waals surface area contributed by atoms with Gasteiger partial charge in [-0.05, 0) is 24.3 Å². The first kappa shape index (κ1) is 12.2. The molecule has 2 aromatic rings. The number of amides is 3. The second-order valence-corrected chi connectivity index (χ2v) is 4.27. The molecule has 0 saturated carbocycles. The maximum absolute atomic E-state index is 11.8. The molecule has 0 unspecified atom stereocenters. The normalized spacial score (nSPS) is 14.2. The molecule has 0 bridgehead atoms. The number of rotatable bonds is 3. The van der Waals surface area contributed by atoms with Crippen LogP contribution in [0.5, 0.6) is 0 Å². The molecule has 3 rings (SSSR count). The number of carbonyl (C=O) groups is 2. The van der Waals surface area contributed by atoms with Crippen molar-refractivity contribution >= 4 is 23.3 Å². The number of benzene rings is 1. The molecule has 20 heavy (non-hydrogen) atoms. The van der Waals surface area contributed by atoms with E-state index in [1.165, 1.54) is 12.3 Å². The zero-order valence-corrected chi connectivity index (χ0v) is 10.5. The van der Waals surface area contributed by atoms with E-state index >= 15 is 0 Å². The lowest BCUT2D eigenvalue weighted by Crippen LogP contribution is -2.27. The van der Waals surface area contributed by atoms with E-state index in [1.54, 1.807) is 29.2 Å². The summed E-state index contributed by atoms with van der Waals surface area (Å²) in [4.78, 5) is 24.9. The summed E-state index contributed by atoms with van der Waals surface area (Å²) in [7, 11) is 0. The van der Waals surface area contributed by atoms with Crippen LogP contribution in [0.2, 0.25) is 0 Å². The Morgan fingerprint density at radius 2 is 2.10 bits per heavy atom. The van der Waals surface area contributed by atoms with Crippen LogP contribution in [-0.4, -0.2) is 30.2 Å². The Balaban J connectivity index is 1.70. The van der Waals surface area contributed by atoms with E-state index in [-0.39, 0.29) is 17.6 Å². The van der Waals surface area contributed by atoms with Crippen LogP contribution in [0.15, 0.2) is 41.1 Å². The van der Waals surface area contributed by atoms with Gasteiger partial charge in [-0.2, -0.15) is 0 Å². The van der Waals surface area contributed by atoms with E-state index in [1.807, 2.05) is 0 Å². The molecule has 3 amide bonds. The van der Waals surface area contributed by atoms with Crippen molar-refractivity contribution in [3.8, 4) is 0 Å². The summed E-state index contributed by atoms with van der Waals surface area (Å²) in [6.45, 7) is 1.28. The van der Waals surface area contributed by atoms with Crippen molar-refractivity contribution in [1.82, 2.24) is 10.5 Å². The summed E-state index contributed by atoms with van der Waals surface area (Å²) in [5.41, 5.74) is 1.63. The smallest absolute Gasteiger partial charge is 0.321 e. The number of nitrogens with zero attached hydrogens (tertiary/aromatic N) is 2. The van der Waals surface area contributed by atoms with Gasteiger partial charge in [-0.25, -0.2) is 4.79 Å². The Hall–Kier alpha value is -2.83. The van der Waals surface area contributed by atoms with E-state index in [0.717, 1.165) is 5.69 Å². The highest BCUT2D eigenvalue weighted by molar-refractivity contribution is 6.03. The number of urea groups is 1. The van der Waals surface area contributed by atoms with Crippen molar-refractivity contribution in [2.75, 3.05) is 23.3 Å². The standard InChI is InChI=1S/C13H12N4O3/c18-12(11-5-8-20-16-11)15-9-1-3-10(4-2-9)17-7-6-14-13(17)19/h1-5,8H,6-7H2,(H,14,19)(H,15,18). The van der Waals surface area contributed by atoms with Gasteiger partial charge >= 0.3 is 6.03 Å². The van der Waals surface area contributed by atoms with Crippen LogP contribution in [-0.2, 0) is 0 Å². The molecular weight excluding hydrogens is 260 g/mol. The average Bonchev–Trinajstić information content (AvgIpc) is 3.11. The lowest BCUT2D eigenvalue weighted by Gasteiger charge is -2.14. The summed E-state index contributed by atoms with van der Waals surface area (Å²) in [6.07, 6.45) is 1.34. The minimum atomic E-state index is -0.342. The highest BCUT2D eigenvalue weighted by atomic mass is 16.5. The van der Waals surface area contributed by atoms with Crippen LogP contribution in [0.4, 0.5) is 16.2 Å². The van der Waals surface area contributed by atoms with Gasteiger partial charge in [0.05, 0.1) is 0 Å². The van der Waals surface area contributed by atoms with Crippen molar-refractivity contribution in [1.29, 1.82) is 0 Å². The Morgan fingerprint density at radius 3 is 2.70 bits per heavy atom. The predicted molar refractivity (Wildman–Crippen MR) is 71.6 cm³/mol. The monoisotopic (exact) mass is 272 g/mol. The topological polar surface area (TPSA) is 87.5 Å². The number of hydrogen-bond donors (Lipinski definition) is 2. The highest BCUT2D eigenvalue weighted by Gasteiger charge is 2.20. The third-order valence-corrected chi connectivity index (χ3v) is 2.96. The van der Waals surface area contributed by atoms with Gasteiger partial charge < -0.3 is 15.2 Å².